The lowest BCUT2D eigenvalue weighted by atomic mass is 10.1. The standard InChI is InChI=1S/C19H17F2N5O2S/c1-10-3-4-12(5-11(10)2)26-9-23-25-19(26)29-8-17(27)24-16-6-13(18(22)28)14(20)7-15(16)21/h3-7,9H,8H2,1-2H3,(H2,22,28)(H,24,27). The molecule has 2 amide bonds. The predicted molar refractivity (Wildman–Crippen MR) is 105 cm³/mol. The van der Waals surface area contributed by atoms with Crippen LogP contribution in [0.25, 0.3) is 5.69 Å². The van der Waals surface area contributed by atoms with Crippen molar-refractivity contribution >= 4 is 29.3 Å². The molecular formula is C19H17F2N5O2S. The monoisotopic (exact) mass is 417 g/mol. The van der Waals surface area contributed by atoms with Crippen LogP contribution in [0, 0.1) is 25.5 Å². The molecular weight excluding hydrogens is 400 g/mol. The van der Waals surface area contributed by atoms with Crippen LogP contribution >= 0.6 is 11.8 Å². The third-order valence-electron chi connectivity index (χ3n) is 4.21. The number of rotatable bonds is 6. The number of aromatic nitrogens is 3. The molecule has 0 unspecified atom stereocenters. The number of aryl methyl sites for hydroxylation is 2. The summed E-state index contributed by atoms with van der Waals surface area (Å²) >= 11 is 1.09. The summed E-state index contributed by atoms with van der Waals surface area (Å²) in [5.74, 6) is -3.83. The predicted octanol–water partition coefficient (Wildman–Crippen LogP) is 2.99. The van der Waals surface area contributed by atoms with Gasteiger partial charge >= 0.3 is 0 Å². The molecule has 10 heteroatoms. The molecule has 0 spiro atoms. The maximum atomic E-state index is 13.9. The van der Waals surface area contributed by atoms with Gasteiger partial charge < -0.3 is 11.1 Å². The first-order valence-electron chi connectivity index (χ1n) is 8.45. The first-order valence-corrected chi connectivity index (χ1v) is 9.44. The summed E-state index contributed by atoms with van der Waals surface area (Å²) in [6, 6.07) is 7.23. The summed E-state index contributed by atoms with van der Waals surface area (Å²) < 4.78 is 29.1. The lowest BCUT2D eigenvalue weighted by molar-refractivity contribution is -0.113. The molecule has 0 saturated heterocycles. The number of nitrogens with zero attached hydrogens (tertiary/aromatic N) is 3. The maximum absolute atomic E-state index is 13.9. The Hall–Kier alpha value is -3.27. The van der Waals surface area contributed by atoms with E-state index in [9.17, 15) is 18.4 Å². The Balaban J connectivity index is 1.71. The number of carbonyl (C=O) groups is 2. The number of thioether (sulfide) groups is 1. The molecule has 2 aromatic carbocycles. The normalized spacial score (nSPS) is 10.8. The third-order valence-corrected chi connectivity index (χ3v) is 5.16. The van der Waals surface area contributed by atoms with Crippen LogP contribution in [-0.2, 0) is 4.79 Å². The van der Waals surface area contributed by atoms with Crippen LogP contribution in [0.5, 0.6) is 0 Å². The number of anilines is 1. The Bertz CT molecular complexity index is 1100. The minimum Gasteiger partial charge on any atom is -0.366 e. The number of halogens is 2. The molecule has 0 fully saturated rings. The molecule has 1 heterocycles. The van der Waals surface area contributed by atoms with E-state index >= 15 is 0 Å². The molecule has 0 bridgehead atoms. The summed E-state index contributed by atoms with van der Waals surface area (Å²) in [7, 11) is 0. The average molecular weight is 417 g/mol. The topological polar surface area (TPSA) is 103 Å². The van der Waals surface area contributed by atoms with Crippen molar-refractivity contribution in [3.8, 4) is 5.69 Å². The van der Waals surface area contributed by atoms with Gasteiger partial charge in [-0.3, -0.25) is 14.2 Å². The summed E-state index contributed by atoms with van der Waals surface area (Å²) in [6.45, 7) is 3.99. The minimum absolute atomic E-state index is 0.105. The zero-order chi connectivity index (χ0) is 21.1. The number of nitrogens with two attached hydrogens (primary N) is 1. The summed E-state index contributed by atoms with van der Waals surface area (Å²) in [5.41, 5.74) is 7.29. The molecule has 3 N–H and O–H groups in total. The van der Waals surface area contributed by atoms with Gasteiger partial charge in [0.05, 0.1) is 17.0 Å². The van der Waals surface area contributed by atoms with Crippen LogP contribution in [-0.4, -0.2) is 32.3 Å². The molecule has 3 rings (SSSR count). The van der Waals surface area contributed by atoms with Crippen LogP contribution in [0.4, 0.5) is 14.5 Å². The van der Waals surface area contributed by atoms with Crippen molar-refractivity contribution in [2.75, 3.05) is 11.1 Å². The van der Waals surface area contributed by atoms with Gasteiger partial charge in [0.2, 0.25) is 5.91 Å². The van der Waals surface area contributed by atoms with Gasteiger partial charge in [0, 0.05) is 11.8 Å². The van der Waals surface area contributed by atoms with Gasteiger partial charge in [0.25, 0.3) is 5.91 Å². The highest BCUT2D eigenvalue weighted by molar-refractivity contribution is 7.99. The molecule has 0 aliphatic carbocycles. The highest BCUT2D eigenvalue weighted by atomic mass is 32.2. The smallest absolute Gasteiger partial charge is 0.251 e. The largest absolute Gasteiger partial charge is 0.366 e. The van der Waals surface area contributed by atoms with Crippen molar-refractivity contribution in [2.45, 2.75) is 19.0 Å². The Morgan fingerprint density at radius 3 is 2.59 bits per heavy atom. The SMILES string of the molecule is Cc1ccc(-n2cnnc2SCC(=O)Nc2cc(C(N)=O)c(F)cc2F)cc1C. The van der Waals surface area contributed by atoms with Crippen molar-refractivity contribution in [1.29, 1.82) is 0 Å². The van der Waals surface area contributed by atoms with Crippen molar-refractivity contribution in [3.63, 3.8) is 0 Å². The van der Waals surface area contributed by atoms with Gasteiger partial charge in [0.15, 0.2) is 5.16 Å². The molecule has 0 aliphatic rings. The van der Waals surface area contributed by atoms with Crippen LogP contribution in [0.1, 0.15) is 21.5 Å². The fourth-order valence-corrected chi connectivity index (χ4v) is 3.25. The van der Waals surface area contributed by atoms with Crippen molar-refractivity contribution in [2.24, 2.45) is 5.73 Å². The van der Waals surface area contributed by atoms with Crippen LogP contribution in [0.2, 0.25) is 0 Å². The fraction of sp³-hybridized carbons (Fsp3) is 0.158. The van der Waals surface area contributed by atoms with Crippen LogP contribution in [0.15, 0.2) is 41.8 Å². The van der Waals surface area contributed by atoms with Crippen molar-refractivity contribution < 1.29 is 18.4 Å². The minimum atomic E-state index is -1.09. The highest BCUT2D eigenvalue weighted by Gasteiger charge is 2.16. The van der Waals surface area contributed by atoms with E-state index in [4.69, 9.17) is 5.73 Å². The number of hydrogen-bond acceptors (Lipinski definition) is 5. The van der Waals surface area contributed by atoms with E-state index in [-0.39, 0.29) is 11.4 Å². The third kappa shape index (κ3) is 4.60. The van der Waals surface area contributed by atoms with E-state index < -0.39 is 29.0 Å². The summed E-state index contributed by atoms with van der Waals surface area (Å²) in [5, 5.41) is 10.7. The Kier molecular flexibility index (Phi) is 5.92. The zero-order valence-electron chi connectivity index (χ0n) is 15.6. The summed E-state index contributed by atoms with van der Waals surface area (Å²) in [4.78, 5) is 23.4. The maximum Gasteiger partial charge on any atom is 0.251 e. The van der Waals surface area contributed by atoms with Gasteiger partial charge in [-0.05, 0) is 43.2 Å². The lowest BCUT2D eigenvalue weighted by Gasteiger charge is -2.10. The molecule has 150 valence electrons. The van der Waals surface area contributed by atoms with E-state index in [0.717, 1.165) is 34.6 Å². The quantitative estimate of drug-likeness (QED) is 0.600. The number of amides is 2. The second-order valence-corrected chi connectivity index (χ2v) is 7.21. The molecule has 0 atom stereocenters. The van der Waals surface area contributed by atoms with Gasteiger partial charge in [-0.15, -0.1) is 10.2 Å². The van der Waals surface area contributed by atoms with Gasteiger partial charge in [-0.25, -0.2) is 8.78 Å². The second kappa shape index (κ2) is 8.39. The van der Waals surface area contributed by atoms with E-state index in [1.807, 2.05) is 32.0 Å². The zero-order valence-corrected chi connectivity index (χ0v) is 16.4. The van der Waals surface area contributed by atoms with Gasteiger partial charge in [-0.1, -0.05) is 17.8 Å². The Labute approximate surface area is 169 Å². The number of primary amides is 1. The first-order chi connectivity index (χ1) is 13.8. The molecule has 0 radical (unpaired) electrons. The van der Waals surface area contributed by atoms with E-state index in [0.29, 0.717) is 11.2 Å². The second-order valence-electron chi connectivity index (χ2n) is 6.27. The number of benzene rings is 2. The Morgan fingerprint density at radius 2 is 1.90 bits per heavy atom. The molecule has 3 aromatic rings. The lowest BCUT2D eigenvalue weighted by Crippen LogP contribution is -2.18. The molecule has 7 nitrogen and oxygen atoms in total. The van der Waals surface area contributed by atoms with Gasteiger partial charge in [0.1, 0.15) is 18.0 Å². The van der Waals surface area contributed by atoms with Crippen LogP contribution in [0.3, 0.4) is 0 Å². The van der Waals surface area contributed by atoms with Crippen molar-refractivity contribution in [1.82, 2.24) is 14.8 Å². The molecule has 0 saturated carbocycles. The van der Waals surface area contributed by atoms with Gasteiger partial charge in [-0.2, -0.15) is 0 Å². The average Bonchev–Trinajstić information content (AvgIpc) is 3.13. The molecule has 29 heavy (non-hydrogen) atoms. The Morgan fingerprint density at radius 1 is 1.14 bits per heavy atom. The molecule has 1 aromatic heterocycles. The van der Waals surface area contributed by atoms with E-state index in [1.54, 1.807) is 4.57 Å². The fourth-order valence-electron chi connectivity index (χ4n) is 2.53. The number of hydrogen-bond donors (Lipinski definition) is 2. The molecule has 0 aliphatic heterocycles. The highest BCUT2D eigenvalue weighted by Crippen LogP contribution is 2.23. The van der Waals surface area contributed by atoms with Crippen molar-refractivity contribution in [3.05, 3.63) is 65.0 Å². The van der Waals surface area contributed by atoms with Crippen LogP contribution < -0.4 is 11.1 Å². The number of carbonyl (C=O) groups excluding carboxylic acids is 2. The van der Waals surface area contributed by atoms with E-state index in [2.05, 4.69) is 15.5 Å². The van der Waals surface area contributed by atoms with E-state index in [1.165, 1.54) is 6.33 Å². The summed E-state index contributed by atoms with van der Waals surface area (Å²) in [6.07, 6.45) is 1.53. The first kappa shape index (κ1) is 20.5. The number of nitrogens with one attached hydrogen (secondary N) is 1.